The molecule has 0 saturated carbocycles. The van der Waals surface area contributed by atoms with Gasteiger partial charge in [-0.3, -0.25) is 4.72 Å². The van der Waals surface area contributed by atoms with Crippen LogP contribution in [-0.2, 0) is 10.0 Å². The van der Waals surface area contributed by atoms with Crippen molar-refractivity contribution >= 4 is 21.5 Å². The molecule has 0 aliphatic carbocycles. The number of aromatic nitrogens is 2. The van der Waals surface area contributed by atoms with E-state index in [4.69, 9.17) is 14.2 Å². The number of rotatable bonds is 5. The van der Waals surface area contributed by atoms with Crippen LogP contribution in [0.4, 0.5) is 11.5 Å². The molecule has 0 spiro atoms. The summed E-state index contributed by atoms with van der Waals surface area (Å²) in [5.74, 6) is 1.32. The van der Waals surface area contributed by atoms with Gasteiger partial charge in [0.25, 0.3) is 10.0 Å². The summed E-state index contributed by atoms with van der Waals surface area (Å²) in [6, 6.07) is 4.65. The standard InChI is InChI=1S/C16H20N4O5S/c1-20(2)15-12(10-17-16(18-15)23-3)19-26(21,22)11-5-6-13-14(9-11)25-8-4-7-24-13/h5-6,9-10,19H,4,7-8H2,1-3H3. The van der Waals surface area contributed by atoms with Crippen molar-refractivity contribution in [1.82, 2.24) is 9.97 Å². The Hall–Kier alpha value is -2.75. The fraction of sp³-hybridized carbons (Fsp3) is 0.375. The Morgan fingerprint density at radius 3 is 2.62 bits per heavy atom. The molecule has 140 valence electrons. The highest BCUT2D eigenvalue weighted by Crippen LogP contribution is 2.33. The summed E-state index contributed by atoms with van der Waals surface area (Å²) in [5, 5.41) is 0. The summed E-state index contributed by atoms with van der Waals surface area (Å²) in [7, 11) is 1.06. The van der Waals surface area contributed by atoms with Crippen molar-refractivity contribution in [3.05, 3.63) is 24.4 Å². The Labute approximate surface area is 152 Å². The lowest BCUT2D eigenvalue weighted by Gasteiger charge is -2.17. The molecule has 3 rings (SSSR count). The van der Waals surface area contributed by atoms with Gasteiger partial charge in [-0.2, -0.15) is 4.98 Å². The summed E-state index contributed by atoms with van der Waals surface area (Å²) >= 11 is 0. The van der Waals surface area contributed by atoms with Crippen LogP contribution in [0.2, 0.25) is 0 Å². The monoisotopic (exact) mass is 380 g/mol. The highest BCUT2D eigenvalue weighted by molar-refractivity contribution is 7.92. The van der Waals surface area contributed by atoms with Crippen LogP contribution in [0.3, 0.4) is 0 Å². The van der Waals surface area contributed by atoms with Crippen molar-refractivity contribution in [1.29, 1.82) is 0 Å². The molecule has 1 aliphatic rings. The maximum absolute atomic E-state index is 12.8. The number of nitrogens with one attached hydrogen (secondary N) is 1. The van der Waals surface area contributed by atoms with Crippen LogP contribution in [0.25, 0.3) is 0 Å². The van der Waals surface area contributed by atoms with Gasteiger partial charge in [-0.15, -0.1) is 0 Å². The molecule has 0 atom stereocenters. The smallest absolute Gasteiger partial charge is 0.318 e. The Morgan fingerprint density at radius 2 is 1.92 bits per heavy atom. The van der Waals surface area contributed by atoms with E-state index in [-0.39, 0.29) is 16.6 Å². The Kier molecular flexibility index (Phi) is 5.03. The average Bonchev–Trinajstić information content (AvgIpc) is 2.86. The minimum atomic E-state index is -3.87. The highest BCUT2D eigenvalue weighted by Gasteiger charge is 2.21. The lowest BCUT2D eigenvalue weighted by Crippen LogP contribution is -2.19. The molecular formula is C16H20N4O5S. The zero-order chi connectivity index (χ0) is 18.7. The van der Waals surface area contributed by atoms with Crippen LogP contribution in [-0.4, -0.2) is 52.8 Å². The van der Waals surface area contributed by atoms with Crippen LogP contribution < -0.4 is 23.8 Å². The van der Waals surface area contributed by atoms with Crippen molar-refractivity contribution in [2.45, 2.75) is 11.3 Å². The molecule has 0 saturated heterocycles. The molecule has 2 heterocycles. The largest absolute Gasteiger partial charge is 0.490 e. The van der Waals surface area contributed by atoms with Gasteiger partial charge in [-0.05, 0) is 12.1 Å². The van der Waals surface area contributed by atoms with E-state index < -0.39 is 10.0 Å². The third-order valence-electron chi connectivity index (χ3n) is 3.63. The molecule has 0 radical (unpaired) electrons. The van der Waals surface area contributed by atoms with Crippen molar-refractivity contribution < 1.29 is 22.6 Å². The Bertz CT molecular complexity index is 902. The number of methoxy groups -OCH3 is 1. The second kappa shape index (κ2) is 7.24. The molecule has 0 amide bonds. The third kappa shape index (κ3) is 3.74. The topological polar surface area (TPSA) is 103 Å². The van der Waals surface area contributed by atoms with E-state index in [0.29, 0.717) is 30.5 Å². The fourth-order valence-electron chi connectivity index (χ4n) is 2.38. The minimum Gasteiger partial charge on any atom is -0.490 e. The lowest BCUT2D eigenvalue weighted by molar-refractivity contribution is 0.297. The summed E-state index contributed by atoms with van der Waals surface area (Å²) in [6.45, 7) is 1.01. The zero-order valence-corrected chi connectivity index (χ0v) is 15.5. The van der Waals surface area contributed by atoms with E-state index in [1.807, 2.05) is 0 Å². The molecule has 1 aliphatic heterocycles. The molecule has 26 heavy (non-hydrogen) atoms. The normalized spacial score (nSPS) is 13.7. The fourth-order valence-corrected chi connectivity index (χ4v) is 3.44. The zero-order valence-electron chi connectivity index (χ0n) is 14.7. The van der Waals surface area contributed by atoms with Crippen LogP contribution in [0.15, 0.2) is 29.3 Å². The number of hydrogen-bond donors (Lipinski definition) is 1. The maximum atomic E-state index is 12.8. The summed E-state index contributed by atoms with van der Waals surface area (Å²) in [6.07, 6.45) is 2.10. The molecule has 1 aromatic carbocycles. The number of ether oxygens (including phenoxy) is 3. The van der Waals surface area contributed by atoms with Crippen LogP contribution in [0.1, 0.15) is 6.42 Å². The maximum Gasteiger partial charge on any atom is 0.318 e. The minimum absolute atomic E-state index is 0.0577. The second-order valence-electron chi connectivity index (χ2n) is 5.75. The van der Waals surface area contributed by atoms with Gasteiger partial charge in [-0.25, -0.2) is 13.4 Å². The molecule has 0 unspecified atom stereocenters. The number of fused-ring (bicyclic) bond motifs is 1. The molecule has 0 fully saturated rings. The number of hydrogen-bond acceptors (Lipinski definition) is 8. The Morgan fingerprint density at radius 1 is 1.19 bits per heavy atom. The lowest BCUT2D eigenvalue weighted by atomic mass is 10.3. The van der Waals surface area contributed by atoms with Gasteiger partial charge >= 0.3 is 6.01 Å². The molecule has 9 nitrogen and oxygen atoms in total. The number of nitrogens with zero attached hydrogens (tertiary/aromatic N) is 3. The van der Waals surface area contributed by atoms with E-state index in [2.05, 4.69) is 14.7 Å². The molecule has 10 heteroatoms. The summed E-state index contributed by atoms with van der Waals surface area (Å²) in [5.41, 5.74) is 0.239. The first-order chi connectivity index (χ1) is 12.4. The van der Waals surface area contributed by atoms with Crippen molar-refractivity contribution in [3.8, 4) is 17.5 Å². The van der Waals surface area contributed by atoms with E-state index in [9.17, 15) is 8.42 Å². The van der Waals surface area contributed by atoms with Crippen molar-refractivity contribution in [2.24, 2.45) is 0 Å². The first-order valence-corrected chi connectivity index (χ1v) is 9.40. The quantitative estimate of drug-likeness (QED) is 0.833. The van der Waals surface area contributed by atoms with Crippen LogP contribution in [0, 0.1) is 0 Å². The summed E-state index contributed by atoms with van der Waals surface area (Å²) in [4.78, 5) is 9.86. The van der Waals surface area contributed by atoms with Gasteiger partial charge in [0.2, 0.25) is 0 Å². The molecule has 1 aromatic heterocycles. The van der Waals surface area contributed by atoms with E-state index in [0.717, 1.165) is 6.42 Å². The average molecular weight is 380 g/mol. The highest BCUT2D eigenvalue weighted by atomic mass is 32.2. The second-order valence-corrected chi connectivity index (χ2v) is 7.44. The number of benzene rings is 1. The number of sulfonamides is 1. The number of anilines is 2. The molecule has 0 bridgehead atoms. The van der Waals surface area contributed by atoms with Gasteiger partial charge < -0.3 is 19.1 Å². The molecule has 2 aromatic rings. The van der Waals surface area contributed by atoms with Gasteiger partial charge in [0.15, 0.2) is 17.3 Å². The molecular weight excluding hydrogens is 360 g/mol. The van der Waals surface area contributed by atoms with Gasteiger partial charge in [-0.1, -0.05) is 0 Å². The van der Waals surface area contributed by atoms with Crippen molar-refractivity contribution in [2.75, 3.05) is 44.0 Å². The first kappa shape index (κ1) is 18.1. The SMILES string of the molecule is COc1ncc(NS(=O)(=O)c2ccc3c(c2)OCCCO3)c(N(C)C)n1. The van der Waals surface area contributed by atoms with E-state index in [1.165, 1.54) is 25.4 Å². The van der Waals surface area contributed by atoms with Gasteiger partial charge in [0, 0.05) is 26.6 Å². The third-order valence-corrected chi connectivity index (χ3v) is 4.99. The van der Waals surface area contributed by atoms with E-state index >= 15 is 0 Å². The van der Waals surface area contributed by atoms with Crippen molar-refractivity contribution in [3.63, 3.8) is 0 Å². The first-order valence-electron chi connectivity index (χ1n) is 7.91. The van der Waals surface area contributed by atoms with Gasteiger partial charge in [0.05, 0.1) is 31.4 Å². The molecule has 1 N–H and O–H groups in total. The summed E-state index contributed by atoms with van der Waals surface area (Å²) < 4.78 is 44.2. The predicted molar refractivity (Wildman–Crippen MR) is 95.8 cm³/mol. The van der Waals surface area contributed by atoms with Gasteiger partial charge in [0.1, 0.15) is 5.69 Å². The Balaban J connectivity index is 1.93. The van der Waals surface area contributed by atoms with E-state index in [1.54, 1.807) is 25.1 Å². The predicted octanol–water partition coefficient (Wildman–Crippen LogP) is 1.51. The van der Waals surface area contributed by atoms with Crippen LogP contribution in [0.5, 0.6) is 17.5 Å². The van der Waals surface area contributed by atoms with Crippen LogP contribution >= 0.6 is 0 Å².